The molecule has 0 spiro atoms. The van der Waals surface area contributed by atoms with Crippen LogP contribution in [-0.4, -0.2) is 57.8 Å². The van der Waals surface area contributed by atoms with Crippen molar-refractivity contribution in [3.8, 4) is 17.2 Å². The Kier molecular flexibility index (Phi) is 7.81. The number of methoxy groups -OCH3 is 3. The first kappa shape index (κ1) is 23.2. The van der Waals surface area contributed by atoms with Gasteiger partial charge < -0.3 is 29.7 Å². The van der Waals surface area contributed by atoms with Crippen molar-refractivity contribution >= 4 is 11.9 Å². The van der Waals surface area contributed by atoms with Gasteiger partial charge in [-0.05, 0) is 54.3 Å². The van der Waals surface area contributed by atoms with Crippen LogP contribution in [0.2, 0.25) is 0 Å². The summed E-state index contributed by atoms with van der Waals surface area (Å²) in [6, 6.07) is 10.3. The number of ether oxygens (including phenoxy) is 3. The van der Waals surface area contributed by atoms with Gasteiger partial charge in [0.15, 0.2) is 11.5 Å². The molecule has 0 bridgehead atoms. The number of rotatable bonds is 8. The number of hydrogen-bond acceptors (Lipinski definition) is 5. The fourth-order valence-corrected chi connectivity index (χ4v) is 3.88. The Labute approximate surface area is 188 Å². The van der Waals surface area contributed by atoms with Crippen LogP contribution in [-0.2, 0) is 6.42 Å². The molecule has 1 aliphatic rings. The smallest absolute Gasteiger partial charge is 0.317 e. The fourth-order valence-electron chi connectivity index (χ4n) is 3.88. The van der Waals surface area contributed by atoms with E-state index in [1.54, 1.807) is 50.5 Å². The molecule has 2 aromatic rings. The molecule has 3 amide bonds. The topological polar surface area (TPSA) is 89.1 Å². The molecule has 0 saturated heterocycles. The zero-order valence-electron chi connectivity index (χ0n) is 19.1. The average Bonchev–Trinajstić information content (AvgIpc) is 2.84. The molecule has 8 heteroatoms. The molecule has 0 radical (unpaired) electrons. The van der Waals surface area contributed by atoms with Crippen molar-refractivity contribution in [3.05, 3.63) is 53.1 Å². The predicted octanol–water partition coefficient (Wildman–Crippen LogP) is 3.16. The van der Waals surface area contributed by atoms with Gasteiger partial charge in [0.2, 0.25) is 0 Å². The summed E-state index contributed by atoms with van der Waals surface area (Å²) in [5.74, 6) is 1.61. The molecule has 0 aromatic heterocycles. The Morgan fingerprint density at radius 3 is 2.47 bits per heavy atom. The highest BCUT2D eigenvalue weighted by atomic mass is 16.5. The molecular formula is C24H31N3O5. The van der Waals surface area contributed by atoms with Crippen LogP contribution in [0.5, 0.6) is 17.2 Å². The summed E-state index contributed by atoms with van der Waals surface area (Å²) in [5, 5.41) is 5.93. The van der Waals surface area contributed by atoms with E-state index < -0.39 is 0 Å². The van der Waals surface area contributed by atoms with Crippen molar-refractivity contribution in [2.45, 2.75) is 25.8 Å². The zero-order chi connectivity index (χ0) is 23.1. The standard InChI is InChI=1S/C24H31N3O5/c1-5-10-25-24(29)27-11-9-16-13-21(31-3)22(32-4)14-19(16)20(27)15-26-23(28)17-7-6-8-18(12-17)30-2/h6-8,12-14,20H,5,9-11,15H2,1-4H3,(H,25,29)(H,26,28). The molecule has 0 aliphatic carbocycles. The molecule has 172 valence electrons. The van der Waals surface area contributed by atoms with E-state index in [4.69, 9.17) is 14.2 Å². The highest BCUT2D eigenvalue weighted by Gasteiger charge is 2.32. The second kappa shape index (κ2) is 10.7. The third-order valence-electron chi connectivity index (χ3n) is 5.58. The van der Waals surface area contributed by atoms with Crippen molar-refractivity contribution in [2.24, 2.45) is 0 Å². The lowest BCUT2D eigenvalue weighted by molar-refractivity contribution is 0.0934. The van der Waals surface area contributed by atoms with Gasteiger partial charge in [0, 0.05) is 25.2 Å². The third-order valence-corrected chi connectivity index (χ3v) is 5.58. The van der Waals surface area contributed by atoms with Crippen LogP contribution in [0.25, 0.3) is 0 Å². The van der Waals surface area contributed by atoms with E-state index in [9.17, 15) is 9.59 Å². The Balaban J connectivity index is 1.88. The Morgan fingerprint density at radius 2 is 1.78 bits per heavy atom. The SMILES string of the molecule is CCCNC(=O)N1CCc2cc(OC)c(OC)cc2C1CNC(=O)c1cccc(OC)c1. The molecule has 1 heterocycles. The molecule has 1 unspecified atom stereocenters. The van der Waals surface area contributed by atoms with Gasteiger partial charge in [-0.3, -0.25) is 4.79 Å². The molecule has 0 fully saturated rings. The average molecular weight is 442 g/mol. The van der Waals surface area contributed by atoms with Gasteiger partial charge in [-0.15, -0.1) is 0 Å². The van der Waals surface area contributed by atoms with Crippen molar-refractivity contribution < 1.29 is 23.8 Å². The summed E-state index contributed by atoms with van der Waals surface area (Å²) in [6.45, 7) is 3.40. The zero-order valence-corrected chi connectivity index (χ0v) is 19.1. The first-order valence-electron chi connectivity index (χ1n) is 10.7. The van der Waals surface area contributed by atoms with Crippen LogP contribution in [0.3, 0.4) is 0 Å². The lowest BCUT2D eigenvalue weighted by Crippen LogP contribution is -2.49. The van der Waals surface area contributed by atoms with Gasteiger partial charge in [0.1, 0.15) is 5.75 Å². The second-order valence-corrected chi connectivity index (χ2v) is 7.54. The van der Waals surface area contributed by atoms with E-state index in [1.165, 1.54) is 0 Å². The Bertz CT molecular complexity index is 963. The van der Waals surface area contributed by atoms with E-state index >= 15 is 0 Å². The predicted molar refractivity (Wildman–Crippen MR) is 122 cm³/mol. The van der Waals surface area contributed by atoms with Crippen molar-refractivity contribution in [1.82, 2.24) is 15.5 Å². The van der Waals surface area contributed by atoms with Crippen LogP contribution in [0.4, 0.5) is 4.79 Å². The summed E-state index contributed by atoms with van der Waals surface area (Å²) < 4.78 is 16.1. The van der Waals surface area contributed by atoms with Crippen LogP contribution in [0.1, 0.15) is 40.9 Å². The van der Waals surface area contributed by atoms with Gasteiger partial charge in [-0.25, -0.2) is 4.79 Å². The Morgan fingerprint density at radius 1 is 1.03 bits per heavy atom. The quantitative estimate of drug-likeness (QED) is 0.657. The first-order chi connectivity index (χ1) is 15.5. The van der Waals surface area contributed by atoms with E-state index in [0.29, 0.717) is 42.3 Å². The molecule has 1 atom stereocenters. The summed E-state index contributed by atoms with van der Waals surface area (Å²) >= 11 is 0. The van der Waals surface area contributed by atoms with Crippen LogP contribution >= 0.6 is 0 Å². The molecular weight excluding hydrogens is 410 g/mol. The first-order valence-corrected chi connectivity index (χ1v) is 10.7. The third kappa shape index (κ3) is 5.07. The van der Waals surface area contributed by atoms with Crippen molar-refractivity contribution in [2.75, 3.05) is 41.0 Å². The molecule has 1 aliphatic heterocycles. The normalized spacial score (nSPS) is 14.9. The largest absolute Gasteiger partial charge is 0.497 e. The van der Waals surface area contributed by atoms with E-state index in [1.807, 2.05) is 19.1 Å². The van der Waals surface area contributed by atoms with Crippen molar-refractivity contribution in [1.29, 1.82) is 0 Å². The second-order valence-electron chi connectivity index (χ2n) is 7.54. The number of urea groups is 1. The highest BCUT2D eigenvalue weighted by molar-refractivity contribution is 5.94. The van der Waals surface area contributed by atoms with Gasteiger partial charge in [-0.2, -0.15) is 0 Å². The Hall–Kier alpha value is -3.42. The monoisotopic (exact) mass is 441 g/mol. The van der Waals surface area contributed by atoms with Crippen LogP contribution in [0, 0.1) is 0 Å². The number of fused-ring (bicyclic) bond motifs is 1. The minimum Gasteiger partial charge on any atom is -0.497 e. The highest BCUT2D eigenvalue weighted by Crippen LogP contribution is 2.38. The maximum absolute atomic E-state index is 12.9. The van der Waals surface area contributed by atoms with Crippen LogP contribution in [0.15, 0.2) is 36.4 Å². The number of nitrogens with one attached hydrogen (secondary N) is 2. The number of hydrogen-bond donors (Lipinski definition) is 2. The summed E-state index contributed by atoms with van der Waals surface area (Å²) in [7, 11) is 4.74. The van der Waals surface area contributed by atoms with E-state index in [0.717, 1.165) is 17.5 Å². The van der Waals surface area contributed by atoms with E-state index in [-0.39, 0.29) is 24.5 Å². The fraction of sp³-hybridized carbons (Fsp3) is 0.417. The minimum absolute atomic E-state index is 0.145. The minimum atomic E-state index is -0.343. The lowest BCUT2D eigenvalue weighted by Gasteiger charge is -2.38. The van der Waals surface area contributed by atoms with Gasteiger partial charge in [0.05, 0.1) is 27.4 Å². The lowest BCUT2D eigenvalue weighted by atomic mass is 9.91. The molecule has 8 nitrogen and oxygen atoms in total. The molecule has 32 heavy (non-hydrogen) atoms. The molecule has 2 N–H and O–H groups in total. The molecule has 3 rings (SSSR count). The van der Waals surface area contributed by atoms with E-state index in [2.05, 4.69) is 10.6 Å². The van der Waals surface area contributed by atoms with Crippen LogP contribution < -0.4 is 24.8 Å². The summed E-state index contributed by atoms with van der Waals surface area (Å²) in [4.78, 5) is 27.5. The maximum atomic E-state index is 12.9. The summed E-state index contributed by atoms with van der Waals surface area (Å²) in [6.07, 6.45) is 1.54. The van der Waals surface area contributed by atoms with Gasteiger partial charge >= 0.3 is 6.03 Å². The number of carbonyl (C=O) groups is 2. The molecule has 0 saturated carbocycles. The molecule has 2 aromatic carbocycles. The number of benzene rings is 2. The van der Waals surface area contributed by atoms with Gasteiger partial charge in [-0.1, -0.05) is 13.0 Å². The number of amides is 3. The van der Waals surface area contributed by atoms with Gasteiger partial charge in [0.25, 0.3) is 5.91 Å². The van der Waals surface area contributed by atoms with Crippen molar-refractivity contribution in [3.63, 3.8) is 0 Å². The maximum Gasteiger partial charge on any atom is 0.317 e. The number of carbonyl (C=O) groups excluding carboxylic acids is 2. The number of nitrogens with zero attached hydrogens (tertiary/aromatic N) is 1. The summed E-state index contributed by atoms with van der Waals surface area (Å²) in [5.41, 5.74) is 2.50.